The summed E-state index contributed by atoms with van der Waals surface area (Å²) in [5.41, 5.74) is 8.75. The van der Waals surface area contributed by atoms with Gasteiger partial charge in [-0.3, -0.25) is 0 Å². The first kappa shape index (κ1) is 17.3. The monoisotopic (exact) mass is 373 g/mol. The number of anilines is 1. The summed E-state index contributed by atoms with van der Waals surface area (Å²) in [4.78, 5) is 7.59. The lowest BCUT2D eigenvalue weighted by Gasteiger charge is -2.37. The van der Waals surface area contributed by atoms with Crippen molar-refractivity contribution in [2.45, 2.75) is 25.3 Å². The molecule has 2 aromatic heterocycles. The predicted molar refractivity (Wildman–Crippen MR) is 103 cm³/mol. The van der Waals surface area contributed by atoms with Crippen LogP contribution >= 0.6 is 11.3 Å². The maximum Gasteiger partial charge on any atom is 0.214 e. The number of benzene rings is 1. The van der Waals surface area contributed by atoms with Crippen LogP contribution in [0.15, 0.2) is 24.4 Å². The number of imidazole rings is 1. The highest BCUT2D eigenvalue weighted by molar-refractivity contribution is 7.20. The molecule has 3 heterocycles. The van der Waals surface area contributed by atoms with E-state index in [9.17, 15) is 5.11 Å². The number of piperidine rings is 1. The van der Waals surface area contributed by atoms with Gasteiger partial charge in [0.2, 0.25) is 10.1 Å². The van der Waals surface area contributed by atoms with Gasteiger partial charge in [-0.15, -0.1) is 5.10 Å². The number of aliphatic hydroxyl groups is 1. The fourth-order valence-electron chi connectivity index (χ4n) is 3.31. The predicted octanol–water partition coefficient (Wildman–Crippen LogP) is 2.06. The zero-order valence-corrected chi connectivity index (χ0v) is 15.8. The summed E-state index contributed by atoms with van der Waals surface area (Å²) in [5, 5.41) is 15.2. The van der Waals surface area contributed by atoms with Crippen molar-refractivity contribution >= 4 is 21.4 Å². The van der Waals surface area contributed by atoms with Crippen LogP contribution in [0.1, 0.15) is 18.4 Å². The van der Waals surface area contributed by atoms with Crippen LogP contribution in [0.25, 0.3) is 16.2 Å². The molecule has 0 saturated carbocycles. The van der Waals surface area contributed by atoms with E-state index in [2.05, 4.69) is 16.0 Å². The molecule has 26 heavy (non-hydrogen) atoms. The Morgan fingerprint density at radius 3 is 2.81 bits per heavy atom. The second kappa shape index (κ2) is 6.53. The van der Waals surface area contributed by atoms with Gasteiger partial charge in [-0.05, 0) is 37.5 Å². The van der Waals surface area contributed by atoms with Crippen LogP contribution in [0.4, 0.5) is 5.13 Å². The maximum atomic E-state index is 9.44. The summed E-state index contributed by atoms with van der Waals surface area (Å²) in [6, 6.07) is 6.12. The van der Waals surface area contributed by atoms with Crippen LogP contribution in [0.2, 0.25) is 0 Å². The molecule has 4 rings (SSSR count). The molecule has 1 aliphatic heterocycles. The van der Waals surface area contributed by atoms with Crippen LogP contribution in [0.5, 0.6) is 5.75 Å². The Balaban J connectivity index is 1.66. The molecule has 0 aliphatic carbocycles. The molecule has 0 spiro atoms. The van der Waals surface area contributed by atoms with Crippen molar-refractivity contribution < 1.29 is 9.84 Å². The number of fused-ring (bicyclic) bond motifs is 1. The van der Waals surface area contributed by atoms with E-state index in [1.165, 1.54) is 0 Å². The third-order valence-corrected chi connectivity index (χ3v) is 6.04. The number of rotatable bonds is 4. The SMILES string of the molecule is COc1cc(C)ccc1-c1cnc2sc(N3CCC(N)(CO)CC3)nn12. The Kier molecular flexibility index (Phi) is 4.34. The number of aliphatic hydroxyl groups excluding tert-OH is 1. The molecule has 8 heteroatoms. The second-order valence-corrected chi connectivity index (χ2v) is 7.87. The first-order chi connectivity index (χ1) is 12.5. The van der Waals surface area contributed by atoms with Gasteiger partial charge < -0.3 is 20.5 Å². The highest BCUT2D eigenvalue weighted by atomic mass is 32.1. The fourth-order valence-corrected chi connectivity index (χ4v) is 4.23. The molecule has 3 aromatic rings. The molecule has 1 saturated heterocycles. The number of aromatic nitrogens is 3. The molecular weight excluding hydrogens is 350 g/mol. The van der Waals surface area contributed by atoms with Crippen LogP contribution < -0.4 is 15.4 Å². The summed E-state index contributed by atoms with van der Waals surface area (Å²) >= 11 is 1.57. The molecule has 0 unspecified atom stereocenters. The summed E-state index contributed by atoms with van der Waals surface area (Å²) in [7, 11) is 1.68. The van der Waals surface area contributed by atoms with Crippen molar-refractivity contribution in [3.63, 3.8) is 0 Å². The van der Waals surface area contributed by atoms with Crippen LogP contribution in [0.3, 0.4) is 0 Å². The maximum absolute atomic E-state index is 9.44. The average Bonchev–Trinajstić information content (AvgIpc) is 3.23. The minimum Gasteiger partial charge on any atom is -0.496 e. The molecule has 138 valence electrons. The van der Waals surface area contributed by atoms with Gasteiger partial charge in [-0.2, -0.15) is 0 Å². The molecule has 0 amide bonds. The van der Waals surface area contributed by atoms with E-state index in [1.54, 1.807) is 18.4 Å². The van der Waals surface area contributed by atoms with Gasteiger partial charge in [0.25, 0.3) is 0 Å². The lowest BCUT2D eigenvalue weighted by molar-refractivity contribution is 0.170. The zero-order valence-electron chi connectivity index (χ0n) is 15.0. The van der Waals surface area contributed by atoms with Crippen LogP contribution in [-0.2, 0) is 0 Å². The Hall–Kier alpha value is -2.16. The molecule has 0 bridgehead atoms. The highest BCUT2D eigenvalue weighted by Gasteiger charge is 2.31. The average molecular weight is 373 g/mol. The fraction of sp³-hybridized carbons (Fsp3) is 0.444. The lowest BCUT2D eigenvalue weighted by Crippen LogP contribution is -2.52. The van der Waals surface area contributed by atoms with Crippen molar-refractivity contribution in [3.8, 4) is 17.0 Å². The first-order valence-corrected chi connectivity index (χ1v) is 9.49. The summed E-state index contributed by atoms with van der Waals surface area (Å²) < 4.78 is 7.42. The number of aryl methyl sites for hydroxylation is 1. The standard InChI is InChI=1S/C18H23N5O2S/c1-12-3-4-13(15(9-12)25-2)14-10-20-16-23(14)21-17(26-16)22-7-5-18(19,11-24)6-8-22/h3-4,9-10,24H,5-8,11,19H2,1-2H3. The lowest BCUT2D eigenvalue weighted by atomic mass is 9.90. The van der Waals surface area contributed by atoms with Crippen LogP contribution in [0, 0.1) is 6.92 Å². The topological polar surface area (TPSA) is 88.9 Å². The van der Waals surface area contributed by atoms with E-state index >= 15 is 0 Å². The van der Waals surface area contributed by atoms with E-state index in [0.29, 0.717) is 0 Å². The Morgan fingerprint density at radius 1 is 1.35 bits per heavy atom. The van der Waals surface area contributed by atoms with E-state index in [1.807, 2.05) is 29.8 Å². The van der Waals surface area contributed by atoms with Crippen molar-refractivity contribution in [3.05, 3.63) is 30.0 Å². The summed E-state index contributed by atoms with van der Waals surface area (Å²) in [6.07, 6.45) is 3.34. The number of ether oxygens (including phenoxy) is 1. The van der Waals surface area contributed by atoms with E-state index in [-0.39, 0.29) is 6.61 Å². The van der Waals surface area contributed by atoms with E-state index in [0.717, 1.165) is 58.6 Å². The summed E-state index contributed by atoms with van der Waals surface area (Å²) in [5.74, 6) is 0.815. The molecule has 3 N–H and O–H groups in total. The molecule has 0 atom stereocenters. The van der Waals surface area contributed by atoms with Gasteiger partial charge in [-0.1, -0.05) is 17.4 Å². The minimum atomic E-state index is -0.464. The van der Waals surface area contributed by atoms with Gasteiger partial charge in [0.05, 0.1) is 25.6 Å². The van der Waals surface area contributed by atoms with Crippen molar-refractivity contribution in [1.82, 2.24) is 14.6 Å². The molecule has 1 aromatic carbocycles. The van der Waals surface area contributed by atoms with Gasteiger partial charge in [0, 0.05) is 24.2 Å². The van der Waals surface area contributed by atoms with Crippen molar-refractivity contribution in [2.75, 3.05) is 31.7 Å². The van der Waals surface area contributed by atoms with Crippen LogP contribution in [-0.4, -0.2) is 52.0 Å². The molecule has 7 nitrogen and oxygen atoms in total. The molecule has 0 radical (unpaired) electrons. The highest BCUT2D eigenvalue weighted by Crippen LogP contribution is 2.34. The Labute approximate surface area is 156 Å². The number of methoxy groups -OCH3 is 1. The number of hydrogen-bond donors (Lipinski definition) is 2. The van der Waals surface area contributed by atoms with Crippen molar-refractivity contribution in [1.29, 1.82) is 0 Å². The van der Waals surface area contributed by atoms with Gasteiger partial charge in [-0.25, -0.2) is 9.50 Å². The van der Waals surface area contributed by atoms with Gasteiger partial charge in [0.15, 0.2) is 0 Å². The summed E-state index contributed by atoms with van der Waals surface area (Å²) in [6.45, 7) is 3.65. The third-order valence-electron chi connectivity index (χ3n) is 5.05. The zero-order chi connectivity index (χ0) is 18.3. The number of nitrogens with zero attached hydrogens (tertiary/aromatic N) is 4. The Morgan fingerprint density at radius 2 is 2.12 bits per heavy atom. The van der Waals surface area contributed by atoms with Crippen molar-refractivity contribution in [2.24, 2.45) is 5.73 Å². The molecule has 1 aliphatic rings. The van der Waals surface area contributed by atoms with E-state index in [4.69, 9.17) is 15.6 Å². The molecular formula is C18H23N5O2S. The first-order valence-electron chi connectivity index (χ1n) is 8.67. The minimum absolute atomic E-state index is 0.0272. The third kappa shape index (κ3) is 2.94. The number of nitrogens with two attached hydrogens (primary N) is 1. The number of hydrogen-bond acceptors (Lipinski definition) is 7. The second-order valence-electron chi connectivity index (χ2n) is 6.93. The normalized spacial score (nSPS) is 17.0. The van der Waals surface area contributed by atoms with Gasteiger partial charge >= 0.3 is 0 Å². The smallest absolute Gasteiger partial charge is 0.214 e. The van der Waals surface area contributed by atoms with Gasteiger partial charge in [0.1, 0.15) is 5.75 Å². The Bertz CT molecular complexity index is 927. The van der Waals surface area contributed by atoms with E-state index < -0.39 is 5.54 Å². The quantitative estimate of drug-likeness (QED) is 0.728. The molecule has 1 fully saturated rings. The largest absolute Gasteiger partial charge is 0.496 e.